The molecule has 2 aliphatic rings. The van der Waals surface area contributed by atoms with Crippen molar-refractivity contribution in [2.24, 2.45) is 0 Å². The summed E-state index contributed by atoms with van der Waals surface area (Å²) in [5, 5.41) is 11.0. The van der Waals surface area contributed by atoms with E-state index < -0.39 is 60.0 Å². The molecule has 0 radical (unpaired) electrons. The van der Waals surface area contributed by atoms with Crippen LogP contribution in [0.2, 0.25) is 5.28 Å². The molecule has 1 aliphatic heterocycles. The third-order valence-corrected chi connectivity index (χ3v) is 6.80. The minimum Gasteiger partial charge on any atom is -0.463 e. The summed E-state index contributed by atoms with van der Waals surface area (Å²) in [4.78, 5) is 38.3. The fraction of sp³-hybridized carbons (Fsp3) is 0.458. The van der Waals surface area contributed by atoms with E-state index in [4.69, 9.17) is 36.3 Å². The zero-order chi connectivity index (χ0) is 28.1. The molecule has 3 N–H and O–H groups in total. The number of nitrogen functional groups attached to an aromatic ring is 1. The molecule has 0 spiro atoms. The van der Waals surface area contributed by atoms with Crippen LogP contribution in [-0.4, -0.2) is 79.4 Å². The van der Waals surface area contributed by atoms with E-state index in [1.54, 1.807) is 0 Å². The first-order valence-corrected chi connectivity index (χ1v) is 12.4. The number of aromatic nitrogens is 4. The normalized spacial score (nSPS) is 25.9. The quantitative estimate of drug-likeness (QED) is 0.220. The fourth-order valence-electron chi connectivity index (χ4n) is 4.74. The number of halogens is 3. The van der Waals surface area contributed by atoms with Gasteiger partial charge in [0.2, 0.25) is 5.28 Å². The molecule has 3 aromatic rings. The predicted octanol–water partition coefficient (Wildman–Crippen LogP) is 1.67. The Hall–Kier alpha value is -3.46. The minimum atomic E-state index is -2.49. The number of aliphatic hydroxyl groups is 1. The number of anilines is 1. The highest BCUT2D eigenvalue weighted by atomic mass is 35.5. The van der Waals surface area contributed by atoms with Crippen molar-refractivity contribution in [1.29, 1.82) is 0 Å². The van der Waals surface area contributed by atoms with Crippen molar-refractivity contribution in [3.63, 3.8) is 0 Å². The van der Waals surface area contributed by atoms with E-state index in [-0.39, 0.29) is 41.0 Å². The lowest BCUT2D eigenvalue weighted by molar-refractivity contribution is -0.201. The van der Waals surface area contributed by atoms with E-state index in [0.29, 0.717) is 0 Å². The van der Waals surface area contributed by atoms with Crippen molar-refractivity contribution in [3.8, 4) is 0 Å². The van der Waals surface area contributed by atoms with Gasteiger partial charge in [-0.3, -0.25) is 4.57 Å². The summed E-state index contributed by atoms with van der Waals surface area (Å²) in [5.41, 5.74) is 1.47. The van der Waals surface area contributed by atoms with Gasteiger partial charge in [0.1, 0.15) is 23.5 Å². The van der Waals surface area contributed by atoms with Crippen molar-refractivity contribution in [3.05, 3.63) is 47.3 Å². The Balaban J connectivity index is 1.46. The van der Waals surface area contributed by atoms with Crippen LogP contribution in [0.5, 0.6) is 0 Å². The van der Waals surface area contributed by atoms with Crippen LogP contribution in [0.4, 0.5) is 14.6 Å². The van der Waals surface area contributed by atoms with Gasteiger partial charge in [-0.15, -0.1) is 0 Å². The molecule has 2 fully saturated rings. The maximum Gasteiger partial charge on any atom is 0.350 e. The number of ether oxygens (including phenoxy) is 4. The number of nitrogens with zero attached hydrogens (tertiary/aromatic N) is 4. The Morgan fingerprint density at radius 2 is 1.95 bits per heavy atom. The van der Waals surface area contributed by atoms with Crippen molar-refractivity contribution in [2.45, 2.75) is 56.1 Å². The molecule has 5 atom stereocenters. The topological polar surface area (TPSA) is 161 Å². The van der Waals surface area contributed by atoms with Gasteiger partial charge in [0.15, 0.2) is 29.5 Å². The van der Waals surface area contributed by atoms with Gasteiger partial charge in [0.25, 0.3) is 5.60 Å². The first-order valence-electron chi connectivity index (χ1n) is 12.0. The molecule has 39 heavy (non-hydrogen) atoms. The van der Waals surface area contributed by atoms with Gasteiger partial charge in [-0.05, 0) is 43.1 Å². The second kappa shape index (κ2) is 9.93. The molecule has 3 heterocycles. The van der Waals surface area contributed by atoms with E-state index in [9.17, 15) is 19.1 Å². The molecule has 1 saturated carbocycles. The minimum absolute atomic E-state index is 0.0340. The van der Waals surface area contributed by atoms with Gasteiger partial charge in [-0.25, -0.2) is 23.4 Å². The summed E-state index contributed by atoms with van der Waals surface area (Å²) < 4.78 is 52.8. The number of fused-ring (bicyclic) bond motifs is 2. The number of rotatable bonds is 9. The van der Waals surface area contributed by atoms with E-state index in [1.807, 2.05) is 0 Å². The third kappa shape index (κ3) is 4.36. The van der Waals surface area contributed by atoms with Crippen LogP contribution in [0.3, 0.4) is 0 Å². The SMILES string of the molecule is CCOC(=O)C(Cc1cccc(F)c1)(OC1[C@H]2O[C@@H](n3cnc4c(N)nc(Cl)nc43)[C@@H](F)[C@@]12O)C(=O)OCC. The summed E-state index contributed by atoms with van der Waals surface area (Å²) in [6, 6.07) is 5.14. The predicted molar refractivity (Wildman–Crippen MR) is 129 cm³/mol. The zero-order valence-corrected chi connectivity index (χ0v) is 21.5. The molecule has 5 rings (SSSR count). The van der Waals surface area contributed by atoms with Crippen LogP contribution in [0.15, 0.2) is 30.6 Å². The van der Waals surface area contributed by atoms with Gasteiger partial charge in [0, 0.05) is 6.42 Å². The lowest BCUT2D eigenvalue weighted by Crippen LogP contribution is -2.55. The van der Waals surface area contributed by atoms with Crippen LogP contribution in [0, 0.1) is 5.82 Å². The Kier molecular flexibility index (Phi) is 6.91. The second-order valence-electron chi connectivity index (χ2n) is 9.05. The Labute approximate surface area is 225 Å². The van der Waals surface area contributed by atoms with Crippen molar-refractivity contribution in [2.75, 3.05) is 18.9 Å². The third-order valence-electron chi connectivity index (χ3n) is 6.63. The molecular weight excluding hydrogens is 544 g/mol. The molecule has 12 nitrogen and oxygen atoms in total. The molecule has 2 aromatic heterocycles. The van der Waals surface area contributed by atoms with Gasteiger partial charge < -0.3 is 29.8 Å². The summed E-state index contributed by atoms with van der Waals surface area (Å²) in [6.07, 6.45) is -5.64. The first kappa shape index (κ1) is 27.1. The van der Waals surface area contributed by atoms with E-state index in [2.05, 4.69) is 15.0 Å². The molecular formula is C24H24ClF2N5O7. The molecule has 15 heteroatoms. The molecule has 0 amide bonds. The molecule has 1 aliphatic carbocycles. The number of carbonyl (C=O) groups excluding carboxylic acids is 2. The number of imidazole rings is 1. The van der Waals surface area contributed by atoms with Gasteiger partial charge in [-0.2, -0.15) is 9.97 Å². The molecule has 1 unspecified atom stereocenters. The first-order chi connectivity index (χ1) is 18.6. The van der Waals surface area contributed by atoms with E-state index >= 15 is 4.39 Å². The molecule has 208 valence electrons. The average Bonchev–Trinajstić information content (AvgIpc) is 3.13. The monoisotopic (exact) mass is 567 g/mol. The van der Waals surface area contributed by atoms with Crippen LogP contribution >= 0.6 is 11.6 Å². The van der Waals surface area contributed by atoms with Crippen molar-refractivity contribution in [1.82, 2.24) is 19.5 Å². The Morgan fingerprint density at radius 3 is 2.54 bits per heavy atom. The number of hydrogen-bond donors (Lipinski definition) is 2. The summed E-state index contributed by atoms with van der Waals surface area (Å²) >= 11 is 5.89. The fourth-order valence-corrected chi connectivity index (χ4v) is 4.92. The van der Waals surface area contributed by atoms with Gasteiger partial charge >= 0.3 is 11.9 Å². The number of carbonyl (C=O) groups is 2. The Morgan fingerprint density at radius 1 is 1.26 bits per heavy atom. The highest BCUT2D eigenvalue weighted by Gasteiger charge is 2.80. The van der Waals surface area contributed by atoms with Gasteiger partial charge in [0.05, 0.1) is 19.5 Å². The maximum absolute atomic E-state index is 15.8. The second-order valence-corrected chi connectivity index (χ2v) is 9.39. The van der Waals surface area contributed by atoms with Crippen LogP contribution in [-0.2, 0) is 35.0 Å². The Bertz CT molecular complexity index is 1420. The number of nitrogens with two attached hydrogens (primary N) is 1. The highest BCUT2D eigenvalue weighted by Crippen LogP contribution is 2.58. The van der Waals surface area contributed by atoms with Gasteiger partial charge in [-0.1, -0.05) is 12.1 Å². The lowest BCUT2D eigenvalue weighted by Gasteiger charge is -2.31. The zero-order valence-electron chi connectivity index (χ0n) is 20.7. The van der Waals surface area contributed by atoms with Crippen molar-refractivity contribution < 1.29 is 42.4 Å². The number of benzene rings is 1. The largest absolute Gasteiger partial charge is 0.463 e. The number of hydrogen-bond acceptors (Lipinski definition) is 11. The standard InChI is InChI=1S/C24H24ClF2N5O7/c1-3-36-20(33)23(21(34)37-4-2,9-11-6-5-7-12(26)8-11)39-16-15-24(16,35)14(27)19(38-15)32-10-29-13-17(28)30-22(25)31-18(13)32/h5-8,10,14-16,19,35H,3-4,9H2,1-2H3,(H2,28,30,31)/t14-,15-,16?,19-,24+/m1/s1. The molecule has 0 bridgehead atoms. The number of esters is 2. The lowest BCUT2D eigenvalue weighted by atomic mass is 9.93. The average molecular weight is 568 g/mol. The summed E-state index contributed by atoms with van der Waals surface area (Å²) in [7, 11) is 0. The van der Waals surface area contributed by atoms with Crippen LogP contribution in [0.1, 0.15) is 25.6 Å². The van der Waals surface area contributed by atoms with E-state index in [1.165, 1.54) is 42.9 Å². The molecule has 1 saturated heterocycles. The highest BCUT2D eigenvalue weighted by molar-refractivity contribution is 6.28. The smallest absolute Gasteiger partial charge is 0.350 e. The molecule has 1 aromatic carbocycles. The maximum atomic E-state index is 15.8. The van der Waals surface area contributed by atoms with Crippen molar-refractivity contribution >= 4 is 40.5 Å². The van der Waals surface area contributed by atoms with Crippen LogP contribution < -0.4 is 5.73 Å². The summed E-state index contributed by atoms with van der Waals surface area (Å²) in [6.45, 7) is 2.77. The summed E-state index contributed by atoms with van der Waals surface area (Å²) in [5.74, 6) is -2.94. The van der Waals surface area contributed by atoms with E-state index in [0.717, 1.165) is 6.07 Å². The number of alkyl halides is 1. The van der Waals surface area contributed by atoms with Crippen LogP contribution in [0.25, 0.3) is 11.2 Å².